The highest BCUT2D eigenvalue weighted by Gasteiger charge is 2.25. The van der Waals surface area contributed by atoms with E-state index in [4.69, 9.17) is 4.74 Å². The summed E-state index contributed by atoms with van der Waals surface area (Å²) in [5, 5.41) is 3.26. The molecule has 1 atom stereocenters. The number of rotatable bonds is 5. The third-order valence-electron chi connectivity index (χ3n) is 3.25. The zero-order valence-electron chi connectivity index (χ0n) is 9.78. The summed E-state index contributed by atoms with van der Waals surface area (Å²) in [6.45, 7) is 2.96. The average molecular weight is 249 g/mol. The minimum absolute atomic E-state index is 0. The SMILES string of the molecule is CN(C(=O)COCC1CC1)C1CCNC1.Cl. The minimum atomic E-state index is 0. The number of amides is 1. The molecule has 0 spiro atoms. The van der Waals surface area contributed by atoms with E-state index in [0.29, 0.717) is 6.04 Å². The Labute approximate surface area is 103 Å². The maximum atomic E-state index is 11.7. The van der Waals surface area contributed by atoms with Crippen molar-refractivity contribution in [2.24, 2.45) is 5.92 Å². The van der Waals surface area contributed by atoms with Crippen LogP contribution in [0, 0.1) is 5.92 Å². The van der Waals surface area contributed by atoms with E-state index < -0.39 is 0 Å². The summed E-state index contributed by atoms with van der Waals surface area (Å²) in [5.74, 6) is 0.848. The molecular weight excluding hydrogens is 228 g/mol. The molecule has 0 aromatic heterocycles. The number of carbonyl (C=O) groups excluding carboxylic acids is 1. The summed E-state index contributed by atoms with van der Waals surface area (Å²) in [5.41, 5.74) is 0. The van der Waals surface area contributed by atoms with Gasteiger partial charge in [-0.15, -0.1) is 12.4 Å². The molecule has 2 fully saturated rings. The van der Waals surface area contributed by atoms with Crippen molar-refractivity contribution in [3.05, 3.63) is 0 Å². The molecule has 1 heterocycles. The average Bonchev–Trinajstić information content (AvgIpc) is 2.90. The van der Waals surface area contributed by atoms with Crippen LogP contribution in [0.25, 0.3) is 0 Å². The van der Waals surface area contributed by atoms with Gasteiger partial charge in [-0.2, -0.15) is 0 Å². The molecule has 1 N–H and O–H groups in total. The van der Waals surface area contributed by atoms with Crippen molar-refractivity contribution >= 4 is 18.3 Å². The molecule has 0 aromatic rings. The third kappa shape index (κ3) is 3.92. The van der Waals surface area contributed by atoms with Crippen molar-refractivity contribution in [1.29, 1.82) is 0 Å². The van der Waals surface area contributed by atoms with E-state index in [1.54, 1.807) is 0 Å². The van der Waals surface area contributed by atoms with Crippen LogP contribution >= 0.6 is 12.4 Å². The molecular formula is C11H21ClN2O2. The van der Waals surface area contributed by atoms with Crippen LogP contribution in [0.3, 0.4) is 0 Å². The van der Waals surface area contributed by atoms with Crippen LogP contribution in [0.4, 0.5) is 0 Å². The van der Waals surface area contributed by atoms with Gasteiger partial charge in [-0.1, -0.05) is 0 Å². The molecule has 16 heavy (non-hydrogen) atoms. The van der Waals surface area contributed by atoms with Crippen molar-refractivity contribution in [2.75, 3.05) is 33.4 Å². The summed E-state index contributed by atoms with van der Waals surface area (Å²) in [6, 6.07) is 0.363. The van der Waals surface area contributed by atoms with Crippen molar-refractivity contribution < 1.29 is 9.53 Å². The molecule has 2 rings (SSSR count). The summed E-state index contributed by atoms with van der Waals surface area (Å²) in [7, 11) is 1.88. The standard InChI is InChI=1S/C11H20N2O2.ClH/c1-13(10-4-5-12-6-10)11(14)8-15-7-9-2-3-9;/h9-10,12H,2-8H2,1H3;1H. The Balaban J connectivity index is 0.00000128. The Kier molecular flexibility index (Phi) is 5.52. The normalized spacial score (nSPS) is 23.9. The van der Waals surface area contributed by atoms with Gasteiger partial charge >= 0.3 is 0 Å². The predicted octanol–water partition coefficient (Wildman–Crippen LogP) is 0.655. The quantitative estimate of drug-likeness (QED) is 0.777. The van der Waals surface area contributed by atoms with E-state index in [0.717, 1.165) is 32.0 Å². The number of hydrogen-bond donors (Lipinski definition) is 1. The molecule has 94 valence electrons. The van der Waals surface area contributed by atoms with Crippen LogP contribution < -0.4 is 5.32 Å². The fourth-order valence-corrected chi connectivity index (χ4v) is 1.87. The molecule has 5 heteroatoms. The number of halogens is 1. The lowest BCUT2D eigenvalue weighted by Gasteiger charge is -2.23. The first-order chi connectivity index (χ1) is 7.27. The number of hydrogen-bond acceptors (Lipinski definition) is 3. The van der Waals surface area contributed by atoms with Gasteiger partial charge in [0, 0.05) is 19.6 Å². The lowest BCUT2D eigenvalue weighted by Crippen LogP contribution is -2.40. The first-order valence-corrected chi connectivity index (χ1v) is 5.81. The summed E-state index contributed by atoms with van der Waals surface area (Å²) in [6.07, 6.45) is 3.61. The number of nitrogens with zero attached hydrogens (tertiary/aromatic N) is 1. The van der Waals surface area contributed by atoms with Crippen molar-refractivity contribution in [3.63, 3.8) is 0 Å². The smallest absolute Gasteiger partial charge is 0.248 e. The first-order valence-electron chi connectivity index (χ1n) is 5.81. The minimum Gasteiger partial charge on any atom is -0.371 e. The fraction of sp³-hybridized carbons (Fsp3) is 0.909. The summed E-state index contributed by atoms with van der Waals surface area (Å²) in [4.78, 5) is 13.5. The highest BCUT2D eigenvalue weighted by atomic mass is 35.5. The maximum absolute atomic E-state index is 11.7. The molecule has 0 radical (unpaired) electrons. The Morgan fingerprint density at radius 1 is 1.44 bits per heavy atom. The zero-order chi connectivity index (χ0) is 10.7. The summed E-state index contributed by atoms with van der Waals surface area (Å²) >= 11 is 0. The molecule has 0 bridgehead atoms. The van der Waals surface area contributed by atoms with Gasteiger partial charge < -0.3 is 15.0 Å². The molecule has 1 aliphatic carbocycles. The second-order valence-electron chi connectivity index (χ2n) is 4.61. The maximum Gasteiger partial charge on any atom is 0.248 e. The fourth-order valence-electron chi connectivity index (χ4n) is 1.87. The second-order valence-corrected chi connectivity index (χ2v) is 4.61. The van der Waals surface area contributed by atoms with Gasteiger partial charge in [0.05, 0.1) is 6.61 Å². The molecule has 0 aromatic carbocycles. The molecule has 1 unspecified atom stereocenters. The lowest BCUT2D eigenvalue weighted by atomic mass is 10.2. The van der Waals surface area contributed by atoms with Gasteiger partial charge in [-0.3, -0.25) is 4.79 Å². The Morgan fingerprint density at radius 2 is 2.19 bits per heavy atom. The number of carbonyl (C=O) groups is 1. The zero-order valence-corrected chi connectivity index (χ0v) is 10.6. The molecule has 1 saturated heterocycles. The van der Waals surface area contributed by atoms with Gasteiger partial charge in [-0.05, 0) is 31.7 Å². The van der Waals surface area contributed by atoms with Gasteiger partial charge in [0.2, 0.25) is 5.91 Å². The van der Waals surface area contributed by atoms with E-state index in [1.165, 1.54) is 12.8 Å². The van der Waals surface area contributed by atoms with Crippen LogP contribution in [0.2, 0.25) is 0 Å². The van der Waals surface area contributed by atoms with Gasteiger partial charge in [0.15, 0.2) is 0 Å². The van der Waals surface area contributed by atoms with E-state index >= 15 is 0 Å². The first kappa shape index (κ1) is 13.7. The van der Waals surface area contributed by atoms with Crippen LogP contribution in [-0.4, -0.2) is 50.2 Å². The molecule has 1 amide bonds. The monoisotopic (exact) mass is 248 g/mol. The third-order valence-corrected chi connectivity index (χ3v) is 3.25. The molecule has 1 aliphatic heterocycles. The van der Waals surface area contributed by atoms with Crippen LogP contribution in [0.5, 0.6) is 0 Å². The van der Waals surface area contributed by atoms with Gasteiger partial charge in [0.25, 0.3) is 0 Å². The lowest BCUT2D eigenvalue weighted by molar-refractivity contribution is -0.136. The Hall–Kier alpha value is -0.320. The van der Waals surface area contributed by atoms with Crippen LogP contribution in [0.15, 0.2) is 0 Å². The summed E-state index contributed by atoms with van der Waals surface area (Å²) < 4.78 is 5.39. The van der Waals surface area contributed by atoms with Gasteiger partial charge in [-0.25, -0.2) is 0 Å². The topological polar surface area (TPSA) is 41.6 Å². The second kappa shape index (κ2) is 6.42. The van der Waals surface area contributed by atoms with Crippen molar-refractivity contribution in [1.82, 2.24) is 10.2 Å². The van der Waals surface area contributed by atoms with Crippen molar-refractivity contribution in [2.45, 2.75) is 25.3 Å². The highest BCUT2D eigenvalue weighted by Crippen LogP contribution is 2.28. The van der Waals surface area contributed by atoms with E-state index in [2.05, 4.69) is 5.32 Å². The largest absolute Gasteiger partial charge is 0.371 e. The van der Waals surface area contributed by atoms with Crippen LogP contribution in [0.1, 0.15) is 19.3 Å². The van der Waals surface area contributed by atoms with E-state index in [1.807, 2.05) is 11.9 Å². The predicted molar refractivity (Wildman–Crippen MR) is 64.8 cm³/mol. The van der Waals surface area contributed by atoms with Gasteiger partial charge in [0.1, 0.15) is 6.61 Å². The Bertz CT molecular complexity index is 228. The van der Waals surface area contributed by atoms with E-state index in [9.17, 15) is 4.79 Å². The number of nitrogens with one attached hydrogen (secondary N) is 1. The Morgan fingerprint density at radius 3 is 2.75 bits per heavy atom. The molecule has 1 saturated carbocycles. The van der Waals surface area contributed by atoms with E-state index in [-0.39, 0.29) is 24.9 Å². The highest BCUT2D eigenvalue weighted by molar-refractivity contribution is 5.85. The number of likely N-dealkylation sites (N-methyl/N-ethyl adjacent to an activating group) is 1. The van der Waals surface area contributed by atoms with Crippen molar-refractivity contribution in [3.8, 4) is 0 Å². The number of ether oxygens (including phenoxy) is 1. The molecule has 4 nitrogen and oxygen atoms in total. The molecule has 2 aliphatic rings. The van der Waals surface area contributed by atoms with Crippen LogP contribution in [-0.2, 0) is 9.53 Å².